The van der Waals surface area contributed by atoms with E-state index >= 15 is 0 Å². The monoisotopic (exact) mass is 619 g/mol. The number of benzene rings is 2. The van der Waals surface area contributed by atoms with E-state index in [1.807, 2.05) is 18.7 Å². The lowest BCUT2D eigenvalue weighted by Crippen LogP contribution is -2.35. The summed E-state index contributed by atoms with van der Waals surface area (Å²) in [5, 5.41) is 10.9. The molecular weight excluding hydrogens is 578 g/mol. The molecule has 1 unspecified atom stereocenters. The van der Waals surface area contributed by atoms with Gasteiger partial charge in [-0.3, -0.25) is 10.00 Å². The van der Waals surface area contributed by atoms with Crippen LogP contribution in [0.1, 0.15) is 56.4 Å². The number of nitrogens with one attached hydrogen (secondary N) is 2. The van der Waals surface area contributed by atoms with Crippen LogP contribution in [0.4, 0.5) is 23.1 Å². The Morgan fingerprint density at radius 2 is 1.89 bits per heavy atom. The highest BCUT2D eigenvalue weighted by molar-refractivity contribution is 7.92. The predicted molar refractivity (Wildman–Crippen MR) is 172 cm³/mol. The number of hydrogen-bond donors (Lipinski definition) is 2. The third-order valence-corrected chi connectivity index (χ3v) is 11.0. The van der Waals surface area contributed by atoms with Gasteiger partial charge < -0.3 is 19.7 Å². The number of likely N-dealkylation sites (tertiary alicyclic amines) is 1. The third kappa shape index (κ3) is 5.50. The SMILES string of the molecule is COCCN1CCC(c2cc3c(cc2C)N(c2nc(Nc4ccccc4S(=O)(=O)C(C)C)c4c(C)[nH]nc4n2)C(C)O3)CC1. The molecule has 0 aliphatic carbocycles. The lowest BCUT2D eigenvalue weighted by molar-refractivity contribution is 0.130. The van der Waals surface area contributed by atoms with Crippen LogP contribution in [0.3, 0.4) is 0 Å². The molecule has 11 nitrogen and oxygen atoms in total. The van der Waals surface area contributed by atoms with E-state index in [4.69, 9.17) is 19.4 Å². The van der Waals surface area contributed by atoms with Gasteiger partial charge in [-0.1, -0.05) is 12.1 Å². The van der Waals surface area contributed by atoms with Gasteiger partial charge in [0.15, 0.2) is 21.7 Å². The molecule has 1 atom stereocenters. The number of aromatic amines is 1. The molecule has 0 saturated carbocycles. The molecular formula is C32H41N7O4S. The van der Waals surface area contributed by atoms with Crippen LogP contribution in [-0.2, 0) is 14.6 Å². The Hall–Kier alpha value is -3.74. The third-order valence-electron chi connectivity index (χ3n) is 8.77. The molecule has 44 heavy (non-hydrogen) atoms. The molecule has 2 aromatic heterocycles. The maximum Gasteiger partial charge on any atom is 0.237 e. The summed E-state index contributed by atoms with van der Waals surface area (Å²) >= 11 is 0. The number of methoxy groups -OCH3 is 1. The number of piperidine rings is 1. The molecule has 0 bridgehead atoms. The first kappa shape index (κ1) is 30.3. The van der Waals surface area contributed by atoms with E-state index < -0.39 is 15.1 Å². The number of nitrogens with zero attached hydrogens (tertiary/aromatic N) is 5. The fourth-order valence-corrected chi connectivity index (χ4v) is 7.46. The van der Waals surface area contributed by atoms with E-state index in [1.54, 1.807) is 45.2 Å². The summed E-state index contributed by atoms with van der Waals surface area (Å²) in [6.45, 7) is 13.2. The van der Waals surface area contributed by atoms with Gasteiger partial charge in [0, 0.05) is 19.3 Å². The van der Waals surface area contributed by atoms with Gasteiger partial charge in [0.05, 0.1) is 33.5 Å². The van der Waals surface area contributed by atoms with E-state index in [-0.39, 0.29) is 11.1 Å². The van der Waals surface area contributed by atoms with Crippen molar-refractivity contribution in [2.75, 3.05) is 43.6 Å². The van der Waals surface area contributed by atoms with Crippen molar-refractivity contribution in [2.45, 2.75) is 69.8 Å². The molecule has 0 spiro atoms. The summed E-state index contributed by atoms with van der Waals surface area (Å²) in [7, 11) is -1.80. The van der Waals surface area contributed by atoms with E-state index in [0.29, 0.717) is 34.4 Å². The first-order valence-corrected chi connectivity index (χ1v) is 16.8. The number of ether oxygens (including phenoxy) is 2. The van der Waals surface area contributed by atoms with E-state index in [0.717, 1.165) is 56.2 Å². The summed E-state index contributed by atoms with van der Waals surface area (Å²) in [6.07, 6.45) is 1.85. The van der Waals surface area contributed by atoms with Gasteiger partial charge in [0.25, 0.3) is 0 Å². The molecule has 6 rings (SSSR count). The van der Waals surface area contributed by atoms with Crippen LogP contribution in [0.15, 0.2) is 41.3 Å². The van der Waals surface area contributed by atoms with E-state index in [2.05, 4.69) is 39.5 Å². The molecule has 2 N–H and O–H groups in total. The van der Waals surface area contributed by atoms with Crippen LogP contribution < -0.4 is 15.0 Å². The van der Waals surface area contributed by atoms with Crippen LogP contribution >= 0.6 is 0 Å². The van der Waals surface area contributed by atoms with Crippen LogP contribution in [-0.4, -0.2) is 78.3 Å². The highest BCUT2D eigenvalue weighted by Crippen LogP contribution is 2.45. The quantitative estimate of drug-likeness (QED) is 0.245. The highest BCUT2D eigenvalue weighted by atomic mass is 32.2. The number of anilines is 4. The summed E-state index contributed by atoms with van der Waals surface area (Å²) in [6, 6.07) is 11.3. The average Bonchev–Trinajstić information content (AvgIpc) is 3.54. The van der Waals surface area contributed by atoms with Crippen LogP contribution in [0.5, 0.6) is 5.75 Å². The molecule has 2 aliphatic heterocycles. The Kier molecular flexibility index (Phi) is 8.25. The van der Waals surface area contributed by atoms with Crippen molar-refractivity contribution in [3.8, 4) is 5.75 Å². The Balaban J connectivity index is 1.35. The zero-order chi connectivity index (χ0) is 31.2. The Bertz CT molecular complexity index is 1780. The van der Waals surface area contributed by atoms with Crippen molar-refractivity contribution in [3.63, 3.8) is 0 Å². The van der Waals surface area contributed by atoms with E-state index in [1.165, 1.54) is 11.1 Å². The number of aryl methyl sites for hydroxylation is 2. The van der Waals surface area contributed by atoms with Gasteiger partial charge >= 0.3 is 0 Å². The van der Waals surface area contributed by atoms with Crippen molar-refractivity contribution >= 4 is 44.0 Å². The Labute approximate surface area is 258 Å². The molecule has 4 aromatic rings. The van der Waals surface area contributed by atoms with Crippen LogP contribution in [0, 0.1) is 13.8 Å². The molecule has 1 saturated heterocycles. The number of sulfone groups is 1. The maximum absolute atomic E-state index is 13.2. The lowest BCUT2D eigenvalue weighted by atomic mass is 9.86. The standard InChI is InChI=1S/C32H41N7O4S/c1-19(2)44(40,41)28-10-8-7-9-25(28)33-30-29-21(4)36-37-31(29)35-32(34-30)39-22(5)43-27-18-24(20(3)17-26(27)39)23-11-13-38(14-12-23)15-16-42-6/h7-10,17-19,22-23H,11-16H2,1-6H3,(H2,33,34,35,36,37). The molecule has 1 fully saturated rings. The van der Waals surface area contributed by atoms with Gasteiger partial charge in [0.2, 0.25) is 5.95 Å². The second-order valence-electron chi connectivity index (χ2n) is 12.0. The summed E-state index contributed by atoms with van der Waals surface area (Å²) in [5.41, 5.74) is 5.15. The first-order valence-electron chi connectivity index (χ1n) is 15.2. The molecule has 2 aliphatic rings. The first-order chi connectivity index (χ1) is 21.1. The molecule has 12 heteroatoms. The van der Waals surface area contributed by atoms with Crippen molar-refractivity contribution < 1.29 is 17.9 Å². The van der Waals surface area contributed by atoms with Crippen LogP contribution in [0.2, 0.25) is 0 Å². The molecule has 4 heterocycles. The second kappa shape index (κ2) is 12.0. The van der Waals surface area contributed by atoms with Crippen molar-refractivity contribution in [3.05, 3.63) is 53.2 Å². The lowest BCUT2D eigenvalue weighted by Gasteiger charge is -2.32. The number of H-pyrrole nitrogens is 1. The second-order valence-corrected chi connectivity index (χ2v) is 14.5. The van der Waals surface area contributed by atoms with E-state index in [9.17, 15) is 8.42 Å². The molecule has 0 radical (unpaired) electrons. The minimum absolute atomic E-state index is 0.223. The zero-order valence-corrected chi connectivity index (χ0v) is 27.0. The molecule has 234 valence electrons. The largest absolute Gasteiger partial charge is 0.468 e. The average molecular weight is 620 g/mol. The number of aromatic nitrogens is 4. The topological polar surface area (TPSA) is 126 Å². The van der Waals surface area contributed by atoms with Gasteiger partial charge in [-0.25, -0.2) is 8.42 Å². The summed E-state index contributed by atoms with van der Waals surface area (Å²) < 4.78 is 38.0. The van der Waals surface area contributed by atoms with Gasteiger partial charge in [0.1, 0.15) is 11.6 Å². The predicted octanol–water partition coefficient (Wildman–Crippen LogP) is 5.60. The minimum atomic E-state index is -3.55. The molecule has 2 aromatic carbocycles. The fraction of sp³-hybridized carbons (Fsp3) is 0.469. The van der Waals surface area contributed by atoms with Gasteiger partial charge in [-0.15, -0.1) is 0 Å². The van der Waals surface area contributed by atoms with Crippen molar-refractivity contribution in [1.29, 1.82) is 0 Å². The zero-order valence-electron chi connectivity index (χ0n) is 26.2. The maximum atomic E-state index is 13.2. The number of hydrogen-bond acceptors (Lipinski definition) is 10. The number of fused-ring (bicyclic) bond motifs is 2. The fourth-order valence-electron chi connectivity index (χ4n) is 6.26. The van der Waals surface area contributed by atoms with Crippen molar-refractivity contribution in [2.24, 2.45) is 0 Å². The Morgan fingerprint density at radius 3 is 2.61 bits per heavy atom. The normalized spacial score (nSPS) is 17.8. The van der Waals surface area contributed by atoms with Crippen molar-refractivity contribution in [1.82, 2.24) is 25.1 Å². The van der Waals surface area contributed by atoms with Gasteiger partial charge in [-0.05, 0) is 102 Å². The van der Waals surface area contributed by atoms with Gasteiger partial charge in [-0.2, -0.15) is 15.1 Å². The molecule has 0 amide bonds. The minimum Gasteiger partial charge on any atom is -0.468 e. The van der Waals surface area contributed by atoms with Crippen LogP contribution in [0.25, 0.3) is 11.0 Å². The highest BCUT2D eigenvalue weighted by Gasteiger charge is 2.34. The smallest absolute Gasteiger partial charge is 0.237 e. The summed E-state index contributed by atoms with van der Waals surface area (Å²) in [5.74, 6) is 2.17. The number of para-hydroxylation sites is 1. The summed E-state index contributed by atoms with van der Waals surface area (Å²) in [4.78, 5) is 14.4. The Morgan fingerprint density at radius 1 is 1.14 bits per heavy atom. The number of rotatable bonds is 9.